The lowest BCUT2D eigenvalue weighted by Crippen LogP contribution is -2.45. The first-order chi connectivity index (χ1) is 14.3. The molecule has 0 aromatic carbocycles. The number of nitrogens with zero attached hydrogens (tertiary/aromatic N) is 5. The summed E-state index contributed by atoms with van der Waals surface area (Å²) in [5.41, 5.74) is 6.45. The fourth-order valence-corrected chi connectivity index (χ4v) is 4.09. The maximum atomic E-state index is 12.3. The number of ether oxygens (including phenoxy) is 4. The second-order valence-corrected chi connectivity index (χ2v) is 8.10. The van der Waals surface area contributed by atoms with Crippen molar-refractivity contribution in [1.29, 1.82) is 0 Å². The van der Waals surface area contributed by atoms with E-state index in [9.17, 15) is 4.79 Å². The van der Waals surface area contributed by atoms with E-state index in [1.54, 1.807) is 4.52 Å². The number of aromatic nitrogens is 5. The Morgan fingerprint density at radius 3 is 2.87 bits per heavy atom. The number of carbonyl (C=O) groups excluding carboxylic acids is 1. The van der Waals surface area contributed by atoms with Crippen LogP contribution < -0.4 is 5.73 Å². The van der Waals surface area contributed by atoms with Gasteiger partial charge in [0.25, 0.3) is 0 Å². The molecule has 0 saturated carbocycles. The molecule has 5 heterocycles. The normalized spacial score (nSPS) is 29.9. The first-order valence-corrected chi connectivity index (χ1v) is 9.54. The molecule has 0 spiro atoms. The van der Waals surface area contributed by atoms with Gasteiger partial charge in [-0.05, 0) is 32.9 Å². The zero-order valence-corrected chi connectivity index (χ0v) is 16.8. The summed E-state index contributed by atoms with van der Waals surface area (Å²) in [6.45, 7) is 5.50. The molecule has 2 N–H and O–H groups in total. The summed E-state index contributed by atoms with van der Waals surface area (Å²) in [4.78, 5) is 20.2. The molecular weight excluding hydrogens is 392 g/mol. The van der Waals surface area contributed by atoms with Crippen molar-refractivity contribution in [2.45, 2.75) is 50.5 Å². The van der Waals surface area contributed by atoms with E-state index in [1.165, 1.54) is 29.6 Å². The number of rotatable bonds is 3. The lowest BCUT2D eigenvalue weighted by Gasteiger charge is -2.31. The van der Waals surface area contributed by atoms with E-state index in [0.29, 0.717) is 11.3 Å². The smallest absolute Gasteiger partial charge is 0.419 e. The van der Waals surface area contributed by atoms with Crippen LogP contribution in [0.5, 0.6) is 0 Å². The van der Waals surface area contributed by atoms with E-state index in [2.05, 4.69) is 15.1 Å². The van der Waals surface area contributed by atoms with Gasteiger partial charge in [-0.1, -0.05) is 0 Å². The Labute approximate surface area is 171 Å². The van der Waals surface area contributed by atoms with Crippen LogP contribution in [0.25, 0.3) is 5.52 Å². The predicted octanol–water partition coefficient (Wildman–Crippen LogP) is 1.54. The molecule has 2 aliphatic rings. The van der Waals surface area contributed by atoms with Crippen LogP contribution in [0.3, 0.4) is 0 Å². The molecule has 0 aliphatic carbocycles. The van der Waals surface area contributed by atoms with Crippen LogP contribution in [0.15, 0.2) is 37.2 Å². The van der Waals surface area contributed by atoms with E-state index in [1.807, 2.05) is 32.9 Å². The van der Waals surface area contributed by atoms with Crippen LogP contribution in [0.4, 0.5) is 10.6 Å². The quantitative estimate of drug-likeness (QED) is 0.678. The molecule has 3 aromatic heterocycles. The summed E-state index contributed by atoms with van der Waals surface area (Å²) in [5, 5.41) is 4.31. The molecule has 4 atom stereocenters. The third kappa shape index (κ3) is 2.93. The number of nitrogens with two attached hydrogens (primary N) is 1. The van der Waals surface area contributed by atoms with Gasteiger partial charge in [0, 0.05) is 12.4 Å². The highest BCUT2D eigenvalue weighted by Gasteiger charge is 2.62. The van der Waals surface area contributed by atoms with Crippen LogP contribution in [0.1, 0.15) is 32.6 Å². The summed E-state index contributed by atoms with van der Waals surface area (Å²) in [7, 11) is 0. The third-order valence-electron chi connectivity index (χ3n) is 5.43. The largest absolute Gasteiger partial charge is 0.446 e. The van der Waals surface area contributed by atoms with E-state index >= 15 is 0 Å². The standard InChI is InChI=1S/C19H22N6O5/c1-18(2)28-14-13(11-4-5-12-16(20)22-9-23-25(11)12)29-19(3,15(14)30-18)8-27-17(26)24-7-6-21-10-24/h4-7,9-10,13-15H,8H2,1-3H3,(H2,20,22,23)/t13-,14-,15-,19+/m0/s1. The average Bonchev–Trinajstić information content (AvgIpc) is 3.45. The van der Waals surface area contributed by atoms with Gasteiger partial charge in [0.2, 0.25) is 0 Å². The minimum atomic E-state index is -0.942. The highest BCUT2D eigenvalue weighted by Crippen LogP contribution is 2.50. The molecule has 2 fully saturated rings. The molecule has 2 saturated heterocycles. The van der Waals surface area contributed by atoms with Crippen molar-refractivity contribution in [3.05, 3.63) is 42.9 Å². The zero-order chi connectivity index (χ0) is 21.1. The van der Waals surface area contributed by atoms with E-state index in [4.69, 9.17) is 24.7 Å². The van der Waals surface area contributed by atoms with Crippen LogP contribution in [-0.2, 0) is 18.9 Å². The number of hydrogen-bond donors (Lipinski definition) is 1. The second-order valence-electron chi connectivity index (χ2n) is 8.10. The number of imidazole rings is 1. The summed E-state index contributed by atoms with van der Waals surface area (Å²) in [6, 6.07) is 3.71. The van der Waals surface area contributed by atoms with Crippen molar-refractivity contribution >= 4 is 17.4 Å². The van der Waals surface area contributed by atoms with Gasteiger partial charge in [-0.25, -0.2) is 23.8 Å². The van der Waals surface area contributed by atoms with Crippen LogP contribution in [-0.4, -0.2) is 60.4 Å². The Hall–Kier alpha value is -3.02. The van der Waals surface area contributed by atoms with Crippen molar-refractivity contribution in [3.63, 3.8) is 0 Å². The van der Waals surface area contributed by atoms with Crippen molar-refractivity contribution in [2.75, 3.05) is 12.3 Å². The fourth-order valence-electron chi connectivity index (χ4n) is 4.09. The molecule has 0 unspecified atom stereocenters. The van der Waals surface area contributed by atoms with Crippen molar-refractivity contribution < 1.29 is 23.7 Å². The van der Waals surface area contributed by atoms with Gasteiger partial charge < -0.3 is 24.7 Å². The second kappa shape index (κ2) is 6.49. The fraction of sp³-hybridized carbons (Fsp3) is 0.474. The molecule has 3 aromatic rings. The minimum absolute atomic E-state index is 0.0262. The SMILES string of the molecule is CC1(C)O[C@H]2[C@H](c3ccc4c(N)ncnn34)O[C@](C)(COC(=O)n3ccnc3)[C@H]2O1. The maximum absolute atomic E-state index is 12.3. The first kappa shape index (κ1) is 19.0. The molecule has 0 amide bonds. The molecule has 11 nitrogen and oxygen atoms in total. The Morgan fingerprint density at radius 2 is 2.10 bits per heavy atom. The lowest BCUT2D eigenvalue weighted by molar-refractivity contribution is -0.213. The van der Waals surface area contributed by atoms with Gasteiger partial charge in [0.1, 0.15) is 48.7 Å². The third-order valence-corrected chi connectivity index (χ3v) is 5.43. The minimum Gasteiger partial charge on any atom is -0.446 e. The van der Waals surface area contributed by atoms with Gasteiger partial charge in [0.05, 0.1) is 5.69 Å². The summed E-state index contributed by atoms with van der Waals surface area (Å²) in [6.07, 6.45) is 3.84. The van der Waals surface area contributed by atoms with Crippen molar-refractivity contribution in [1.82, 2.24) is 24.1 Å². The molecule has 30 heavy (non-hydrogen) atoms. The number of fused-ring (bicyclic) bond motifs is 2. The summed E-state index contributed by atoms with van der Waals surface area (Å²) >= 11 is 0. The molecule has 5 rings (SSSR count). The molecule has 11 heteroatoms. The van der Waals surface area contributed by atoms with Crippen molar-refractivity contribution in [2.24, 2.45) is 0 Å². The topological polar surface area (TPSA) is 128 Å². The Balaban J connectivity index is 1.46. The number of carbonyl (C=O) groups is 1. The van der Waals surface area contributed by atoms with Gasteiger partial charge in [0.15, 0.2) is 11.6 Å². The Morgan fingerprint density at radius 1 is 1.27 bits per heavy atom. The molecular formula is C19H22N6O5. The molecule has 0 radical (unpaired) electrons. The zero-order valence-electron chi connectivity index (χ0n) is 16.8. The van der Waals surface area contributed by atoms with E-state index in [0.717, 1.165) is 5.69 Å². The highest BCUT2D eigenvalue weighted by atomic mass is 16.8. The number of nitrogen functional groups attached to an aromatic ring is 1. The number of anilines is 1. The summed E-state index contributed by atoms with van der Waals surface area (Å²) < 4.78 is 27.1. The average molecular weight is 414 g/mol. The monoisotopic (exact) mass is 414 g/mol. The Bertz CT molecular complexity index is 1100. The highest BCUT2D eigenvalue weighted by molar-refractivity contribution is 5.70. The van der Waals surface area contributed by atoms with Gasteiger partial charge in [-0.15, -0.1) is 0 Å². The van der Waals surface area contributed by atoms with Gasteiger partial charge in [-0.2, -0.15) is 5.10 Å². The molecule has 2 aliphatic heterocycles. The van der Waals surface area contributed by atoms with Crippen LogP contribution >= 0.6 is 0 Å². The van der Waals surface area contributed by atoms with Crippen LogP contribution in [0, 0.1) is 0 Å². The van der Waals surface area contributed by atoms with Gasteiger partial charge in [-0.3, -0.25) is 0 Å². The predicted molar refractivity (Wildman–Crippen MR) is 102 cm³/mol. The molecule has 0 bridgehead atoms. The van der Waals surface area contributed by atoms with Crippen LogP contribution in [0.2, 0.25) is 0 Å². The lowest BCUT2D eigenvalue weighted by atomic mass is 9.97. The number of hydrogen-bond acceptors (Lipinski definition) is 9. The van der Waals surface area contributed by atoms with Gasteiger partial charge >= 0.3 is 6.09 Å². The maximum Gasteiger partial charge on any atom is 0.419 e. The van der Waals surface area contributed by atoms with E-state index in [-0.39, 0.29) is 6.61 Å². The Kier molecular flexibility index (Phi) is 4.10. The first-order valence-electron chi connectivity index (χ1n) is 9.54. The molecule has 158 valence electrons. The van der Waals surface area contributed by atoms with E-state index < -0.39 is 35.8 Å². The summed E-state index contributed by atoms with van der Waals surface area (Å²) in [5.74, 6) is -0.444. The van der Waals surface area contributed by atoms with Crippen molar-refractivity contribution in [3.8, 4) is 0 Å².